The number of carbonyl (C=O) groups excluding carboxylic acids is 3. The second kappa shape index (κ2) is 8.77. The summed E-state index contributed by atoms with van der Waals surface area (Å²) in [6, 6.07) is 3.84. The molecule has 1 aromatic carbocycles. The first-order valence-electron chi connectivity index (χ1n) is 7.80. The number of hydrogen-bond acceptors (Lipinski definition) is 6. The van der Waals surface area contributed by atoms with Gasteiger partial charge in [-0.3, -0.25) is 14.9 Å². The summed E-state index contributed by atoms with van der Waals surface area (Å²) in [5, 5.41) is 1.83. The summed E-state index contributed by atoms with van der Waals surface area (Å²) >= 11 is 0. The molecule has 0 radical (unpaired) electrons. The van der Waals surface area contributed by atoms with Crippen molar-refractivity contribution in [2.75, 3.05) is 6.54 Å². The van der Waals surface area contributed by atoms with Crippen molar-refractivity contribution in [3.05, 3.63) is 29.3 Å². The van der Waals surface area contributed by atoms with Crippen LogP contribution in [0.25, 0.3) is 0 Å². The van der Waals surface area contributed by atoms with Gasteiger partial charge in [0.15, 0.2) is 6.10 Å². The van der Waals surface area contributed by atoms with E-state index in [9.17, 15) is 22.8 Å². The summed E-state index contributed by atoms with van der Waals surface area (Å²) < 4.78 is 31.8. The van der Waals surface area contributed by atoms with Gasteiger partial charge in [-0.2, -0.15) is 4.72 Å². The standard InChI is InChI=1S/C16H23N3O6S/c1-9(2)14(15(21)19-16(17)22)25-13(20)8-18-26(23,24)12-7-10(3)5-6-11(12)4/h5-7,9,14,18H,8H2,1-4H3,(H3,17,19,21,22)/t14-/m0/s1. The maximum absolute atomic E-state index is 12.3. The molecule has 0 heterocycles. The van der Waals surface area contributed by atoms with Gasteiger partial charge in [0.1, 0.15) is 6.54 Å². The zero-order valence-corrected chi connectivity index (χ0v) is 15.8. The van der Waals surface area contributed by atoms with Crippen molar-refractivity contribution in [1.29, 1.82) is 0 Å². The van der Waals surface area contributed by atoms with Crippen LogP contribution < -0.4 is 15.8 Å². The summed E-state index contributed by atoms with van der Waals surface area (Å²) in [6.07, 6.45) is -1.28. The Balaban J connectivity index is 2.79. The average molecular weight is 385 g/mol. The lowest BCUT2D eigenvalue weighted by atomic mass is 10.1. The molecule has 0 fully saturated rings. The summed E-state index contributed by atoms with van der Waals surface area (Å²) in [4.78, 5) is 34.5. The number of rotatable bonds is 7. The fourth-order valence-corrected chi connectivity index (χ4v) is 3.39. The van der Waals surface area contributed by atoms with Crippen LogP contribution in [0.15, 0.2) is 23.1 Å². The molecule has 0 bridgehead atoms. The number of sulfonamides is 1. The van der Waals surface area contributed by atoms with E-state index in [1.807, 2.05) is 5.32 Å². The molecule has 0 aliphatic carbocycles. The van der Waals surface area contributed by atoms with Gasteiger partial charge >= 0.3 is 12.0 Å². The minimum Gasteiger partial charge on any atom is -0.451 e. The zero-order valence-electron chi connectivity index (χ0n) is 15.0. The highest BCUT2D eigenvalue weighted by Crippen LogP contribution is 2.16. The first-order chi connectivity index (χ1) is 11.9. The summed E-state index contributed by atoms with van der Waals surface area (Å²) in [5.41, 5.74) is 6.14. The number of urea groups is 1. The molecule has 1 rings (SSSR count). The van der Waals surface area contributed by atoms with Crippen molar-refractivity contribution in [3.8, 4) is 0 Å². The van der Waals surface area contributed by atoms with Gasteiger partial charge in [-0.15, -0.1) is 0 Å². The Morgan fingerprint density at radius 3 is 2.35 bits per heavy atom. The summed E-state index contributed by atoms with van der Waals surface area (Å²) in [7, 11) is -3.93. The SMILES string of the molecule is Cc1ccc(C)c(S(=O)(=O)NCC(=O)O[C@H](C(=O)NC(N)=O)C(C)C)c1. The highest BCUT2D eigenvalue weighted by atomic mass is 32.2. The van der Waals surface area contributed by atoms with Crippen LogP contribution in [0.3, 0.4) is 0 Å². The van der Waals surface area contributed by atoms with Gasteiger partial charge in [0, 0.05) is 0 Å². The van der Waals surface area contributed by atoms with Crippen molar-refractivity contribution in [2.45, 2.75) is 38.7 Å². The fraction of sp³-hybridized carbons (Fsp3) is 0.438. The Bertz CT molecular complexity index is 804. The van der Waals surface area contributed by atoms with E-state index >= 15 is 0 Å². The van der Waals surface area contributed by atoms with Gasteiger partial charge in [0.25, 0.3) is 5.91 Å². The molecule has 0 saturated carbocycles. The number of aryl methyl sites for hydroxylation is 2. The molecule has 0 aliphatic heterocycles. The van der Waals surface area contributed by atoms with Crippen LogP contribution in [0, 0.1) is 19.8 Å². The van der Waals surface area contributed by atoms with E-state index in [0.29, 0.717) is 5.56 Å². The molecule has 144 valence electrons. The second-order valence-electron chi connectivity index (χ2n) is 6.10. The third-order valence-corrected chi connectivity index (χ3v) is 4.95. The highest BCUT2D eigenvalue weighted by molar-refractivity contribution is 7.89. The molecular formula is C16H23N3O6S. The molecule has 0 saturated heterocycles. The van der Waals surface area contributed by atoms with Crippen molar-refractivity contribution in [2.24, 2.45) is 11.7 Å². The number of nitrogens with two attached hydrogens (primary N) is 1. The van der Waals surface area contributed by atoms with Gasteiger partial charge < -0.3 is 10.5 Å². The number of ether oxygens (including phenoxy) is 1. The fourth-order valence-electron chi connectivity index (χ4n) is 2.10. The van der Waals surface area contributed by atoms with Crippen LogP contribution in [-0.4, -0.2) is 39.0 Å². The van der Waals surface area contributed by atoms with Crippen LogP contribution in [0.4, 0.5) is 4.79 Å². The van der Waals surface area contributed by atoms with Crippen LogP contribution in [0.5, 0.6) is 0 Å². The number of nitrogens with one attached hydrogen (secondary N) is 2. The number of carbonyl (C=O) groups is 3. The van der Waals surface area contributed by atoms with Gasteiger partial charge in [-0.1, -0.05) is 26.0 Å². The molecule has 0 aliphatic rings. The monoisotopic (exact) mass is 385 g/mol. The molecule has 0 spiro atoms. The Kier molecular flexibility index (Phi) is 7.28. The highest BCUT2D eigenvalue weighted by Gasteiger charge is 2.28. The molecule has 26 heavy (non-hydrogen) atoms. The van der Waals surface area contributed by atoms with Gasteiger partial charge in [0.05, 0.1) is 4.90 Å². The maximum atomic E-state index is 12.3. The van der Waals surface area contributed by atoms with Crippen LogP contribution in [-0.2, 0) is 24.3 Å². The molecule has 0 aromatic heterocycles. The predicted molar refractivity (Wildman–Crippen MR) is 93.5 cm³/mol. The molecule has 1 aromatic rings. The third-order valence-electron chi connectivity index (χ3n) is 3.41. The number of amides is 3. The molecule has 1 atom stereocenters. The Labute approximate surface area is 152 Å². The van der Waals surface area contributed by atoms with Crippen molar-refractivity contribution >= 4 is 27.9 Å². The Hall–Kier alpha value is -2.46. The quantitative estimate of drug-likeness (QED) is 0.577. The number of primary amides is 1. The van der Waals surface area contributed by atoms with Crippen LogP contribution >= 0.6 is 0 Å². The summed E-state index contributed by atoms with van der Waals surface area (Å²) in [5.74, 6) is -2.29. The average Bonchev–Trinajstić information content (AvgIpc) is 2.51. The Morgan fingerprint density at radius 1 is 1.19 bits per heavy atom. The lowest BCUT2D eigenvalue weighted by molar-refractivity contribution is -0.157. The van der Waals surface area contributed by atoms with E-state index < -0.39 is 46.5 Å². The van der Waals surface area contributed by atoms with E-state index in [-0.39, 0.29) is 4.90 Å². The van der Waals surface area contributed by atoms with Crippen molar-refractivity contribution in [1.82, 2.24) is 10.0 Å². The molecule has 10 heteroatoms. The smallest absolute Gasteiger partial charge is 0.321 e. The van der Waals surface area contributed by atoms with E-state index in [2.05, 4.69) is 4.72 Å². The first-order valence-corrected chi connectivity index (χ1v) is 9.29. The van der Waals surface area contributed by atoms with Crippen LogP contribution in [0.1, 0.15) is 25.0 Å². The lowest BCUT2D eigenvalue weighted by Gasteiger charge is -2.20. The van der Waals surface area contributed by atoms with Crippen LogP contribution in [0.2, 0.25) is 0 Å². The largest absolute Gasteiger partial charge is 0.451 e. The number of imide groups is 1. The van der Waals surface area contributed by atoms with E-state index in [4.69, 9.17) is 10.5 Å². The zero-order chi connectivity index (χ0) is 20.1. The van der Waals surface area contributed by atoms with Gasteiger partial charge in [-0.05, 0) is 37.0 Å². The van der Waals surface area contributed by atoms with E-state index in [1.54, 1.807) is 39.8 Å². The molecular weight excluding hydrogens is 362 g/mol. The normalized spacial score (nSPS) is 12.5. The topological polar surface area (TPSA) is 145 Å². The third kappa shape index (κ3) is 6.12. The van der Waals surface area contributed by atoms with Gasteiger partial charge in [0.2, 0.25) is 10.0 Å². The van der Waals surface area contributed by atoms with E-state index in [1.165, 1.54) is 6.07 Å². The minimum absolute atomic E-state index is 0.0529. The lowest BCUT2D eigenvalue weighted by Crippen LogP contribution is -2.46. The predicted octanol–water partition coefficient (Wildman–Crippen LogP) is 0.344. The Morgan fingerprint density at radius 2 is 1.81 bits per heavy atom. The first kappa shape index (κ1) is 21.6. The minimum atomic E-state index is -3.93. The second-order valence-corrected chi connectivity index (χ2v) is 7.84. The number of hydrogen-bond donors (Lipinski definition) is 3. The van der Waals surface area contributed by atoms with Gasteiger partial charge in [-0.25, -0.2) is 13.2 Å². The number of benzene rings is 1. The summed E-state index contributed by atoms with van der Waals surface area (Å²) in [6.45, 7) is 5.91. The number of esters is 1. The maximum Gasteiger partial charge on any atom is 0.321 e. The molecule has 3 amide bonds. The van der Waals surface area contributed by atoms with Crippen molar-refractivity contribution < 1.29 is 27.5 Å². The molecule has 0 unspecified atom stereocenters. The van der Waals surface area contributed by atoms with Crippen molar-refractivity contribution in [3.63, 3.8) is 0 Å². The van der Waals surface area contributed by atoms with E-state index in [0.717, 1.165) is 5.56 Å². The molecule has 4 N–H and O–H groups in total. The molecule has 9 nitrogen and oxygen atoms in total.